The Labute approximate surface area is 187 Å². The van der Waals surface area contributed by atoms with Crippen molar-refractivity contribution >= 4 is 34.1 Å². The molecule has 0 fully saturated rings. The molecule has 170 valence electrons. The lowest BCUT2D eigenvalue weighted by Gasteiger charge is -2.16. The molecule has 3 rings (SSSR count). The second kappa shape index (κ2) is 10.7. The monoisotopic (exact) mass is 458 g/mol. The lowest BCUT2D eigenvalue weighted by atomic mass is 10.2. The fourth-order valence-electron chi connectivity index (χ4n) is 2.69. The van der Waals surface area contributed by atoms with E-state index in [9.17, 15) is 14.1 Å². The number of benzene rings is 1. The molecule has 32 heavy (non-hydrogen) atoms. The zero-order valence-electron chi connectivity index (χ0n) is 17.8. The van der Waals surface area contributed by atoms with Gasteiger partial charge < -0.3 is 29.3 Å². The van der Waals surface area contributed by atoms with Gasteiger partial charge >= 0.3 is 6.09 Å². The summed E-state index contributed by atoms with van der Waals surface area (Å²) < 4.78 is 22.1. The maximum atomic E-state index is 12.1. The van der Waals surface area contributed by atoms with Gasteiger partial charge in [-0.05, 0) is 26.0 Å². The number of nitrogens with zero attached hydrogens (tertiary/aromatic N) is 5. The third-order valence-electron chi connectivity index (χ3n) is 4.28. The summed E-state index contributed by atoms with van der Waals surface area (Å²) in [6, 6.07) is 6.30. The highest BCUT2D eigenvalue weighted by molar-refractivity contribution is 7.75. The van der Waals surface area contributed by atoms with Crippen molar-refractivity contribution in [1.82, 2.24) is 19.5 Å². The zero-order valence-corrected chi connectivity index (χ0v) is 18.7. The SMILES string of the molecule is CCOC(=O)N=[S-](=O)c1ccc(Nc2ncc(-c3cncn3C)c(N[C@H](C)CO)n2)cc1. The Kier molecular flexibility index (Phi) is 7.73. The van der Waals surface area contributed by atoms with Gasteiger partial charge in [-0.2, -0.15) is 4.98 Å². The summed E-state index contributed by atoms with van der Waals surface area (Å²) in [6.45, 7) is 3.58. The van der Waals surface area contributed by atoms with E-state index < -0.39 is 16.7 Å². The number of aliphatic hydroxyl groups is 1. The molecule has 1 amide bonds. The van der Waals surface area contributed by atoms with Crippen molar-refractivity contribution < 1.29 is 18.8 Å². The van der Waals surface area contributed by atoms with Crippen molar-refractivity contribution in [3.8, 4) is 11.3 Å². The number of amides is 1. The van der Waals surface area contributed by atoms with E-state index in [4.69, 9.17) is 0 Å². The predicted molar refractivity (Wildman–Crippen MR) is 120 cm³/mol. The van der Waals surface area contributed by atoms with Gasteiger partial charge in [0.25, 0.3) is 0 Å². The summed E-state index contributed by atoms with van der Waals surface area (Å²) in [4.78, 5) is 24.8. The molecular formula is C20H24N7O4S-. The van der Waals surface area contributed by atoms with Crippen molar-refractivity contribution in [2.45, 2.75) is 24.8 Å². The number of rotatable bonds is 8. The average Bonchev–Trinajstić information content (AvgIpc) is 3.20. The first-order valence-corrected chi connectivity index (χ1v) is 10.9. The van der Waals surface area contributed by atoms with Crippen molar-refractivity contribution in [2.75, 3.05) is 23.8 Å². The van der Waals surface area contributed by atoms with Crippen LogP contribution >= 0.6 is 0 Å². The van der Waals surface area contributed by atoms with Crippen molar-refractivity contribution in [3.63, 3.8) is 0 Å². The molecule has 0 saturated carbocycles. The van der Waals surface area contributed by atoms with Crippen LogP contribution in [0.3, 0.4) is 0 Å². The molecule has 2 heterocycles. The van der Waals surface area contributed by atoms with Crippen LogP contribution in [0.2, 0.25) is 0 Å². The summed E-state index contributed by atoms with van der Waals surface area (Å²) in [7, 11) is 0.0142. The minimum atomic E-state index is -1.85. The number of anilines is 3. The standard InChI is InChI=1S/C20H24N7O4S/c1-4-31-20(29)26-32(30)15-7-5-14(6-8-15)24-19-22-9-16(17-10-21-12-27(17)3)18(25-19)23-13(2)11-28/h5-10,12-13,28H,4,11H2,1-3H3,(H2,22,23,24,25)/q-1/t13-/m1/s1. The quantitative estimate of drug-likeness (QED) is 0.434. The maximum Gasteiger partial charge on any atom is 0.410 e. The second-order valence-electron chi connectivity index (χ2n) is 6.76. The lowest BCUT2D eigenvalue weighted by Crippen LogP contribution is -2.21. The van der Waals surface area contributed by atoms with Crippen LogP contribution in [0.5, 0.6) is 0 Å². The molecule has 0 spiro atoms. The van der Waals surface area contributed by atoms with E-state index in [1.807, 2.05) is 18.5 Å². The number of carbonyl (C=O) groups excluding carboxylic acids is 1. The first kappa shape index (κ1) is 23.2. The van der Waals surface area contributed by atoms with E-state index >= 15 is 0 Å². The van der Waals surface area contributed by atoms with Crippen LogP contribution in [0.1, 0.15) is 13.8 Å². The van der Waals surface area contributed by atoms with Gasteiger partial charge in [0.1, 0.15) is 5.82 Å². The van der Waals surface area contributed by atoms with Crippen LogP contribution in [-0.4, -0.2) is 50.0 Å². The van der Waals surface area contributed by atoms with E-state index in [1.54, 1.807) is 49.9 Å². The van der Waals surface area contributed by atoms with Crippen molar-refractivity contribution in [3.05, 3.63) is 43.0 Å². The first-order chi connectivity index (χ1) is 15.4. The Hall–Kier alpha value is -3.51. The van der Waals surface area contributed by atoms with Crippen LogP contribution in [0, 0.1) is 0 Å². The first-order valence-electron chi connectivity index (χ1n) is 9.79. The highest BCUT2D eigenvalue weighted by atomic mass is 32.2. The maximum absolute atomic E-state index is 12.1. The third kappa shape index (κ3) is 5.80. The number of imidazole rings is 1. The highest BCUT2D eigenvalue weighted by Crippen LogP contribution is 2.27. The van der Waals surface area contributed by atoms with Gasteiger partial charge in [0.05, 0.1) is 37.0 Å². The minimum Gasteiger partial charge on any atom is -0.450 e. The molecule has 3 N–H and O–H groups in total. The van der Waals surface area contributed by atoms with Crippen LogP contribution in [0.4, 0.5) is 22.2 Å². The number of nitrogens with one attached hydrogen (secondary N) is 2. The lowest BCUT2D eigenvalue weighted by molar-refractivity contribution is 0.164. The smallest absolute Gasteiger partial charge is 0.410 e. The topological polar surface area (TPSA) is 144 Å². The number of hydrogen-bond acceptors (Lipinski definition) is 10. The predicted octanol–water partition coefficient (Wildman–Crippen LogP) is 3.08. The molecule has 11 nitrogen and oxygen atoms in total. The van der Waals surface area contributed by atoms with E-state index in [2.05, 4.69) is 34.7 Å². The molecule has 0 aliphatic carbocycles. The summed E-state index contributed by atoms with van der Waals surface area (Å²) in [5.74, 6) is 0.868. The van der Waals surface area contributed by atoms with Gasteiger partial charge in [0.15, 0.2) is 0 Å². The highest BCUT2D eigenvalue weighted by Gasteiger charge is 2.14. The Morgan fingerprint density at radius 3 is 2.69 bits per heavy atom. The van der Waals surface area contributed by atoms with Gasteiger partial charge in [0, 0.05) is 25.0 Å². The van der Waals surface area contributed by atoms with Crippen molar-refractivity contribution in [2.24, 2.45) is 11.4 Å². The second-order valence-corrected chi connectivity index (χ2v) is 7.91. The Balaban J connectivity index is 1.83. The molecule has 0 saturated heterocycles. The molecule has 1 atom stereocenters. The molecular weight excluding hydrogens is 434 g/mol. The largest absolute Gasteiger partial charge is 0.450 e. The number of aliphatic hydroxyl groups excluding tert-OH is 1. The number of aromatic nitrogens is 4. The summed E-state index contributed by atoms with van der Waals surface area (Å²) >= 11 is 0. The van der Waals surface area contributed by atoms with Gasteiger partial charge in [-0.3, -0.25) is 4.36 Å². The summed E-state index contributed by atoms with van der Waals surface area (Å²) in [6.07, 6.45) is 4.19. The molecule has 0 aliphatic heterocycles. The summed E-state index contributed by atoms with van der Waals surface area (Å²) in [5, 5.41) is 15.7. The fourth-order valence-corrected chi connectivity index (χ4v) is 3.35. The molecule has 0 radical (unpaired) electrons. The van der Waals surface area contributed by atoms with Crippen molar-refractivity contribution in [1.29, 1.82) is 0 Å². The van der Waals surface area contributed by atoms with Crippen LogP contribution in [0.25, 0.3) is 11.3 Å². The number of ether oxygens (including phenoxy) is 1. The molecule has 0 bridgehead atoms. The van der Waals surface area contributed by atoms with E-state index in [1.165, 1.54) is 0 Å². The number of carbonyl (C=O) groups is 1. The van der Waals surface area contributed by atoms with E-state index in [0.717, 1.165) is 11.3 Å². The van der Waals surface area contributed by atoms with E-state index in [0.29, 0.717) is 22.3 Å². The van der Waals surface area contributed by atoms with Gasteiger partial charge in [-0.25, -0.2) is 14.8 Å². The fraction of sp³-hybridized carbons (Fsp3) is 0.300. The minimum absolute atomic E-state index is 0.0625. The zero-order chi connectivity index (χ0) is 23.1. The van der Waals surface area contributed by atoms with E-state index in [-0.39, 0.29) is 19.3 Å². The molecule has 0 unspecified atom stereocenters. The molecule has 1 aromatic carbocycles. The normalized spacial score (nSPS) is 12.9. The Bertz CT molecular complexity index is 1160. The average molecular weight is 459 g/mol. The van der Waals surface area contributed by atoms with Crippen LogP contribution in [0.15, 0.2) is 52.2 Å². The van der Waals surface area contributed by atoms with Crippen LogP contribution < -0.4 is 10.6 Å². The molecule has 2 aromatic heterocycles. The molecule has 0 aliphatic rings. The number of hydrogen-bond donors (Lipinski definition) is 3. The molecule has 3 aromatic rings. The van der Waals surface area contributed by atoms with Gasteiger partial charge in [-0.15, -0.1) is 10.6 Å². The van der Waals surface area contributed by atoms with Crippen LogP contribution in [-0.2, 0) is 26.6 Å². The van der Waals surface area contributed by atoms with Gasteiger partial charge in [0.2, 0.25) is 5.95 Å². The number of aryl methyl sites for hydroxylation is 1. The Morgan fingerprint density at radius 2 is 2.06 bits per heavy atom. The summed E-state index contributed by atoms with van der Waals surface area (Å²) in [5.41, 5.74) is 2.21. The third-order valence-corrected chi connectivity index (χ3v) is 5.27. The Morgan fingerprint density at radius 1 is 1.31 bits per heavy atom. The molecule has 12 heteroatoms. The van der Waals surface area contributed by atoms with Gasteiger partial charge in [-0.1, -0.05) is 17.0 Å².